The molecule has 208 valence electrons. The molecule has 2 unspecified atom stereocenters. The van der Waals surface area contributed by atoms with Gasteiger partial charge in [-0.25, -0.2) is 0 Å². The highest BCUT2D eigenvalue weighted by atomic mass is 35.5. The number of hydrogen-bond acceptors (Lipinski definition) is 8. The third-order valence-corrected chi connectivity index (χ3v) is 7.67. The van der Waals surface area contributed by atoms with Gasteiger partial charge in [0.25, 0.3) is 5.56 Å². The summed E-state index contributed by atoms with van der Waals surface area (Å²) >= 11 is 6.49. The molecular weight excluding hydrogens is 536 g/mol. The van der Waals surface area contributed by atoms with Gasteiger partial charge in [-0.2, -0.15) is 9.97 Å². The molecule has 40 heavy (non-hydrogen) atoms. The molecule has 0 radical (unpaired) electrons. The second kappa shape index (κ2) is 10.5. The molecule has 11 nitrogen and oxygen atoms in total. The highest BCUT2D eigenvalue weighted by Gasteiger charge is 2.45. The van der Waals surface area contributed by atoms with E-state index in [9.17, 15) is 9.59 Å². The predicted octanol–water partition coefficient (Wildman–Crippen LogP) is 3.40. The topological polar surface area (TPSA) is 138 Å². The molecule has 3 N–H and O–H groups in total. The van der Waals surface area contributed by atoms with Gasteiger partial charge in [-0.1, -0.05) is 35.9 Å². The van der Waals surface area contributed by atoms with E-state index in [4.69, 9.17) is 36.9 Å². The molecule has 0 bridgehead atoms. The molecule has 6 rings (SSSR count). The van der Waals surface area contributed by atoms with Crippen LogP contribution in [0, 0.1) is 5.92 Å². The van der Waals surface area contributed by atoms with Crippen LogP contribution < -0.4 is 25.7 Å². The normalized spacial score (nSPS) is 20.5. The molecule has 3 heterocycles. The van der Waals surface area contributed by atoms with Crippen molar-refractivity contribution in [1.29, 1.82) is 0 Å². The maximum Gasteiger partial charge on any atom is 0.310 e. The van der Waals surface area contributed by atoms with Crippen molar-refractivity contribution in [2.45, 2.75) is 38.0 Å². The van der Waals surface area contributed by atoms with E-state index in [1.54, 1.807) is 31.3 Å². The lowest BCUT2D eigenvalue weighted by Gasteiger charge is -2.31. The van der Waals surface area contributed by atoms with Crippen molar-refractivity contribution in [3.8, 4) is 17.5 Å². The fraction of sp³-hybridized carbons (Fsp3) is 0.357. The van der Waals surface area contributed by atoms with Gasteiger partial charge in [0.2, 0.25) is 5.95 Å². The number of ether oxygens (including phenoxy) is 2. The molecule has 2 aromatic heterocycles. The summed E-state index contributed by atoms with van der Waals surface area (Å²) in [4.78, 5) is 36.4. The molecule has 1 saturated heterocycles. The zero-order valence-corrected chi connectivity index (χ0v) is 22.6. The fourth-order valence-electron chi connectivity index (χ4n) is 5.05. The highest BCUT2D eigenvalue weighted by molar-refractivity contribution is 6.31. The van der Waals surface area contributed by atoms with E-state index < -0.39 is 11.9 Å². The number of carboxylic acid groups (broad SMARTS) is 1. The van der Waals surface area contributed by atoms with Gasteiger partial charge in [0, 0.05) is 43.7 Å². The number of halogens is 1. The van der Waals surface area contributed by atoms with Crippen LogP contribution in [0.2, 0.25) is 5.02 Å². The Morgan fingerprint density at radius 1 is 1.18 bits per heavy atom. The van der Waals surface area contributed by atoms with Gasteiger partial charge in [0.1, 0.15) is 17.6 Å². The van der Waals surface area contributed by atoms with Crippen LogP contribution in [0.1, 0.15) is 24.8 Å². The average molecular weight is 565 g/mol. The predicted molar refractivity (Wildman–Crippen MR) is 149 cm³/mol. The number of fused-ring (bicyclic) bond motifs is 1. The Bertz CT molecular complexity index is 1650. The van der Waals surface area contributed by atoms with Crippen LogP contribution in [0.5, 0.6) is 17.5 Å². The summed E-state index contributed by atoms with van der Waals surface area (Å²) in [6, 6.07) is 14.4. The Kier molecular flexibility index (Phi) is 6.85. The number of piperidine rings is 1. The number of carboxylic acids is 1. The molecule has 0 amide bonds. The quantitative estimate of drug-likeness (QED) is 0.330. The van der Waals surface area contributed by atoms with E-state index in [-0.39, 0.29) is 29.4 Å². The summed E-state index contributed by atoms with van der Waals surface area (Å²) < 4.78 is 15.0. The van der Waals surface area contributed by atoms with Crippen LogP contribution in [-0.4, -0.2) is 55.4 Å². The van der Waals surface area contributed by atoms with Crippen molar-refractivity contribution < 1.29 is 19.4 Å². The van der Waals surface area contributed by atoms with E-state index in [0.717, 1.165) is 24.9 Å². The van der Waals surface area contributed by atoms with Crippen LogP contribution in [0.25, 0.3) is 11.2 Å². The third-order valence-electron chi connectivity index (χ3n) is 7.30. The van der Waals surface area contributed by atoms with Gasteiger partial charge in [-0.15, -0.1) is 0 Å². The Labute approximate surface area is 234 Å². The lowest BCUT2D eigenvalue weighted by atomic mass is 10.1. The van der Waals surface area contributed by atoms with Crippen molar-refractivity contribution in [3.05, 3.63) is 69.5 Å². The molecule has 3 atom stereocenters. The largest absolute Gasteiger partial charge is 0.489 e. The number of aliphatic carboxylic acids is 1. The Morgan fingerprint density at radius 2 is 1.98 bits per heavy atom. The highest BCUT2D eigenvalue weighted by Crippen LogP contribution is 2.36. The SMILES string of the molecule is Cn1c(Oc2cccc(OC3CC3C(=O)O)c2)nc2nc(N3CCC[C@@H](N)C3)n(Cc3ccccc3Cl)c2c1=O. The van der Waals surface area contributed by atoms with Crippen LogP contribution in [-0.2, 0) is 18.4 Å². The summed E-state index contributed by atoms with van der Waals surface area (Å²) in [6.07, 6.45) is 1.95. The third kappa shape index (κ3) is 5.09. The number of nitrogens with two attached hydrogens (primary N) is 1. The number of hydrogen-bond donors (Lipinski definition) is 2. The standard InChI is InChI=1S/C28H29ClN6O5/c1-33-25(36)23-24(32-28(33)40-19-9-4-8-18(12-19)39-22-13-20(22)26(37)38)31-27(34-11-5-7-17(30)15-34)35(23)14-16-6-2-3-10-21(16)29/h2-4,6,8-10,12,17,20,22H,5,7,11,13-15,30H2,1H3,(H,37,38)/t17-,20?,22?/m1/s1. The molecule has 0 spiro atoms. The van der Waals surface area contributed by atoms with Crippen molar-refractivity contribution in [2.24, 2.45) is 18.7 Å². The Balaban J connectivity index is 1.36. The minimum atomic E-state index is -0.871. The molecule has 4 aromatic rings. The molecule has 2 aliphatic rings. The van der Waals surface area contributed by atoms with Crippen LogP contribution in [0.4, 0.5) is 5.95 Å². The van der Waals surface area contributed by atoms with E-state index >= 15 is 0 Å². The van der Waals surface area contributed by atoms with E-state index in [1.165, 1.54) is 4.57 Å². The smallest absolute Gasteiger partial charge is 0.310 e. The van der Waals surface area contributed by atoms with E-state index in [2.05, 4.69) is 9.88 Å². The van der Waals surface area contributed by atoms with Crippen molar-refractivity contribution in [1.82, 2.24) is 19.1 Å². The molecule has 1 aliphatic heterocycles. The first-order valence-electron chi connectivity index (χ1n) is 13.2. The van der Waals surface area contributed by atoms with E-state index in [0.29, 0.717) is 47.5 Å². The number of nitrogens with zero attached hydrogens (tertiary/aromatic N) is 5. The number of imidazole rings is 1. The monoisotopic (exact) mass is 564 g/mol. The second-order valence-electron chi connectivity index (χ2n) is 10.3. The molecule has 1 aliphatic carbocycles. The van der Waals surface area contributed by atoms with Gasteiger partial charge in [0.05, 0.1) is 12.5 Å². The first kappa shape index (κ1) is 26.1. The maximum absolute atomic E-state index is 13.7. The van der Waals surface area contributed by atoms with E-state index in [1.807, 2.05) is 28.8 Å². The van der Waals surface area contributed by atoms with Gasteiger partial charge >= 0.3 is 12.0 Å². The average Bonchev–Trinajstić information content (AvgIpc) is 3.61. The van der Waals surface area contributed by atoms with Gasteiger partial charge in [-0.05, 0) is 36.6 Å². The molecule has 1 saturated carbocycles. The summed E-state index contributed by atoms with van der Waals surface area (Å²) in [5, 5.41) is 9.73. The summed E-state index contributed by atoms with van der Waals surface area (Å²) in [6.45, 7) is 1.72. The summed E-state index contributed by atoms with van der Waals surface area (Å²) in [7, 11) is 1.59. The first-order valence-corrected chi connectivity index (χ1v) is 13.5. The summed E-state index contributed by atoms with van der Waals surface area (Å²) in [5.74, 6) is 0.109. The lowest BCUT2D eigenvalue weighted by molar-refractivity contribution is -0.139. The Hall–Kier alpha value is -4.09. The molecular formula is C28H29ClN6O5. The number of carbonyl (C=O) groups is 1. The summed E-state index contributed by atoms with van der Waals surface area (Å²) in [5.41, 5.74) is 7.41. The minimum Gasteiger partial charge on any atom is -0.489 e. The minimum absolute atomic E-state index is 0.00734. The second-order valence-corrected chi connectivity index (χ2v) is 10.7. The molecule has 2 fully saturated rings. The van der Waals surface area contributed by atoms with Crippen molar-refractivity contribution in [3.63, 3.8) is 0 Å². The number of benzene rings is 2. The van der Waals surface area contributed by atoms with Crippen LogP contribution >= 0.6 is 11.6 Å². The molecule has 2 aromatic carbocycles. The number of aromatic nitrogens is 4. The van der Waals surface area contributed by atoms with Crippen molar-refractivity contribution in [2.75, 3.05) is 18.0 Å². The fourth-order valence-corrected chi connectivity index (χ4v) is 5.25. The Morgan fingerprint density at radius 3 is 2.73 bits per heavy atom. The van der Waals surface area contributed by atoms with Crippen LogP contribution in [0.15, 0.2) is 53.3 Å². The number of anilines is 1. The van der Waals surface area contributed by atoms with Gasteiger partial charge in [-0.3, -0.25) is 18.7 Å². The zero-order chi connectivity index (χ0) is 28.0. The zero-order valence-electron chi connectivity index (χ0n) is 21.9. The maximum atomic E-state index is 13.7. The van der Waals surface area contributed by atoms with Gasteiger partial charge in [0.15, 0.2) is 11.2 Å². The van der Waals surface area contributed by atoms with Gasteiger partial charge < -0.3 is 25.2 Å². The number of rotatable bonds is 8. The molecule has 12 heteroatoms. The van der Waals surface area contributed by atoms with Crippen LogP contribution in [0.3, 0.4) is 0 Å². The van der Waals surface area contributed by atoms with Crippen molar-refractivity contribution >= 4 is 34.7 Å². The lowest BCUT2D eigenvalue weighted by Crippen LogP contribution is -2.44. The first-order chi connectivity index (χ1) is 19.3.